The van der Waals surface area contributed by atoms with Crippen LogP contribution in [0.5, 0.6) is 11.5 Å². The normalized spacial score (nSPS) is 17.3. The second-order valence-corrected chi connectivity index (χ2v) is 6.69. The molecule has 2 aliphatic heterocycles. The van der Waals surface area contributed by atoms with Crippen molar-refractivity contribution in [1.82, 2.24) is 10.3 Å². The lowest BCUT2D eigenvalue weighted by Gasteiger charge is -2.03. The van der Waals surface area contributed by atoms with Gasteiger partial charge in [-0.25, -0.2) is 0 Å². The SMILES string of the molecule is O=C1NC(=O)C(=Cc2cc3cncc(-c4ccc5c(c4)OCO5)c3o2)S1. The molecule has 2 amide bonds. The smallest absolute Gasteiger partial charge is 0.290 e. The van der Waals surface area contributed by atoms with Crippen LogP contribution in [0, 0.1) is 0 Å². The molecule has 3 aromatic rings. The van der Waals surface area contributed by atoms with Gasteiger partial charge in [0.15, 0.2) is 11.5 Å². The average molecular weight is 366 g/mol. The van der Waals surface area contributed by atoms with Crippen LogP contribution in [0.4, 0.5) is 4.79 Å². The number of pyridine rings is 1. The number of nitrogens with zero attached hydrogens (tertiary/aromatic N) is 1. The predicted octanol–water partition coefficient (Wildman–Crippen LogP) is 3.55. The molecule has 8 heteroatoms. The number of amides is 2. The van der Waals surface area contributed by atoms with Crippen LogP contribution in [-0.2, 0) is 4.79 Å². The number of hydrogen-bond donors (Lipinski definition) is 1. The first-order valence-electron chi connectivity index (χ1n) is 7.70. The Morgan fingerprint density at radius 2 is 2.00 bits per heavy atom. The van der Waals surface area contributed by atoms with E-state index in [1.54, 1.807) is 24.5 Å². The van der Waals surface area contributed by atoms with Gasteiger partial charge in [0.05, 0.1) is 4.91 Å². The van der Waals surface area contributed by atoms with Crippen molar-refractivity contribution >= 4 is 40.0 Å². The van der Waals surface area contributed by atoms with Gasteiger partial charge in [0.2, 0.25) is 6.79 Å². The van der Waals surface area contributed by atoms with E-state index in [9.17, 15) is 9.59 Å². The molecule has 0 aliphatic carbocycles. The zero-order valence-electron chi connectivity index (χ0n) is 13.1. The summed E-state index contributed by atoms with van der Waals surface area (Å²) in [6.07, 6.45) is 4.94. The Hall–Kier alpha value is -3.26. The number of furan rings is 1. The largest absolute Gasteiger partial charge is 0.456 e. The van der Waals surface area contributed by atoms with Crippen molar-refractivity contribution in [2.24, 2.45) is 0 Å². The van der Waals surface area contributed by atoms with Gasteiger partial charge < -0.3 is 13.9 Å². The quantitative estimate of drug-likeness (QED) is 0.694. The van der Waals surface area contributed by atoms with Crippen molar-refractivity contribution in [3.63, 3.8) is 0 Å². The highest BCUT2D eigenvalue weighted by Gasteiger charge is 2.25. The number of carbonyl (C=O) groups is 2. The summed E-state index contributed by atoms with van der Waals surface area (Å²) in [6, 6.07) is 7.40. The Labute approximate surface area is 151 Å². The molecule has 0 bridgehead atoms. The number of thioether (sulfide) groups is 1. The number of carbonyl (C=O) groups excluding carboxylic acids is 2. The second kappa shape index (κ2) is 5.63. The lowest BCUT2D eigenvalue weighted by atomic mass is 10.1. The van der Waals surface area contributed by atoms with Gasteiger partial charge in [-0.05, 0) is 35.5 Å². The molecule has 4 heterocycles. The Morgan fingerprint density at radius 3 is 2.85 bits per heavy atom. The first-order chi connectivity index (χ1) is 12.7. The minimum absolute atomic E-state index is 0.207. The molecular weight excluding hydrogens is 356 g/mol. The van der Waals surface area contributed by atoms with Crippen LogP contribution in [0.2, 0.25) is 0 Å². The molecular formula is C18H10N2O5S. The summed E-state index contributed by atoms with van der Waals surface area (Å²) in [5, 5.41) is 2.62. The summed E-state index contributed by atoms with van der Waals surface area (Å²) in [5.41, 5.74) is 2.31. The summed E-state index contributed by atoms with van der Waals surface area (Å²) >= 11 is 0.848. The van der Waals surface area contributed by atoms with Gasteiger partial charge in [-0.3, -0.25) is 19.9 Å². The highest BCUT2D eigenvalue weighted by molar-refractivity contribution is 8.18. The first kappa shape index (κ1) is 15.0. The maximum Gasteiger partial charge on any atom is 0.290 e. The van der Waals surface area contributed by atoms with Gasteiger partial charge in [0, 0.05) is 29.4 Å². The number of fused-ring (bicyclic) bond motifs is 2. The average Bonchev–Trinajstić information content (AvgIpc) is 3.32. The minimum atomic E-state index is -0.422. The fraction of sp³-hybridized carbons (Fsp3) is 0.0556. The Morgan fingerprint density at radius 1 is 1.12 bits per heavy atom. The van der Waals surface area contributed by atoms with Crippen molar-refractivity contribution in [3.05, 3.63) is 47.3 Å². The molecule has 2 aromatic heterocycles. The molecule has 1 aromatic carbocycles. The Balaban J connectivity index is 1.60. The maximum atomic E-state index is 11.7. The summed E-state index contributed by atoms with van der Waals surface area (Å²) in [4.78, 5) is 27.5. The maximum absolute atomic E-state index is 11.7. The second-order valence-electron chi connectivity index (χ2n) is 5.67. The lowest BCUT2D eigenvalue weighted by molar-refractivity contribution is -0.115. The summed E-state index contributed by atoms with van der Waals surface area (Å²) < 4.78 is 16.7. The molecule has 1 fully saturated rings. The molecule has 5 rings (SSSR count). The fourth-order valence-electron chi connectivity index (χ4n) is 2.87. The number of nitrogens with one attached hydrogen (secondary N) is 1. The summed E-state index contributed by atoms with van der Waals surface area (Å²) in [6.45, 7) is 0.207. The number of rotatable bonds is 2. The van der Waals surface area contributed by atoms with Crippen LogP contribution in [0.1, 0.15) is 5.76 Å². The van der Waals surface area contributed by atoms with Crippen molar-refractivity contribution < 1.29 is 23.5 Å². The third-order valence-electron chi connectivity index (χ3n) is 4.04. The molecule has 2 aliphatic rings. The van der Waals surface area contributed by atoms with Crippen LogP contribution in [0.15, 0.2) is 46.0 Å². The highest BCUT2D eigenvalue weighted by atomic mass is 32.2. The van der Waals surface area contributed by atoms with Gasteiger partial charge in [-0.1, -0.05) is 6.07 Å². The van der Waals surface area contributed by atoms with E-state index in [-0.39, 0.29) is 12.0 Å². The standard InChI is InChI=1S/C18H10N2O5S/c21-17-15(26-18(22)20-17)5-11-3-10-6-19-7-12(16(10)25-11)9-1-2-13-14(4-9)24-8-23-13/h1-7H,8H2,(H,20,21,22). The van der Waals surface area contributed by atoms with E-state index in [4.69, 9.17) is 13.9 Å². The zero-order chi connectivity index (χ0) is 17.7. The van der Waals surface area contributed by atoms with E-state index in [1.165, 1.54) is 0 Å². The van der Waals surface area contributed by atoms with Gasteiger partial charge >= 0.3 is 0 Å². The Kier molecular flexibility index (Phi) is 3.26. The predicted molar refractivity (Wildman–Crippen MR) is 94.7 cm³/mol. The van der Waals surface area contributed by atoms with E-state index >= 15 is 0 Å². The van der Waals surface area contributed by atoms with Gasteiger partial charge in [-0.15, -0.1) is 0 Å². The minimum Gasteiger partial charge on any atom is -0.456 e. The molecule has 7 nitrogen and oxygen atoms in total. The molecule has 128 valence electrons. The first-order valence-corrected chi connectivity index (χ1v) is 8.51. The Bertz CT molecular complexity index is 1120. The summed E-state index contributed by atoms with van der Waals surface area (Å²) in [7, 11) is 0. The molecule has 0 spiro atoms. The van der Waals surface area contributed by atoms with Crippen molar-refractivity contribution in [1.29, 1.82) is 0 Å². The van der Waals surface area contributed by atoms with E-state index in [0.29, 0.717) is 27.7 Å². The van der Waals surface area contributed by atoms with Crippen LogP contribution in [0.25, 0.3) is 28.2 Å². The summed E-state index contributed by atoms with van der Waals surface area (Å²) in [5.74, 6) is 1.43. The van der Waals surface area contributed by atoms with E-state index in [0.717, 1.165) is 28.3 Å². The number of ether oxygens (including phenoxy) is 2. The molecule has 0 atom stereocenters. The topological polar surface area (TPSA) is 90.7 Å². The van der Waals surface area contributed by atoms with Gasteiger partial charge in [-0.2, -0.15) is 0 Å². The third-order valence-corrected chi connectivity index (χ3v) is 4.85. The molecule has 1 N–H and O–H groups in total. The highest BCUT2D eigenvalue weighted by Crippen LogP contribution is 2.38. The van der Waals surface area contributed by atoms with Crippen LogP contribution >= 0.6 is 11.8 Å². The molecule has 0 saturated carbocycles. The molecule has 0 unspecified atom stereocenters. The van der Waals surface area contributed by atoms with Gasteiger partial charge in [0.25, 0.3) is 11.1 Å². The molecule has 0 radical (unpaired) electrons. The fourth-order valence-corrected chi connectivity index (χ4v) is 3.54. The third kappa shape index (κ3) is 2.42. The number of imide groups is 1. The van der Waals surface area contributed by atoms with Crippen molar-refractivity contribution in [3.8, 4) is 22.6 Å². The number of benzene rings is 1. The van der Waals surface area contributed by atoms with E-state index in [1.807, 2.05) is 18.2 Å². The number of hydrogen-bond acceptors (Lipinski definition) is 7. The monoisotopic (exact) mass is 366 g/mol. The van der Waals surface area contributed by atoms with Gasteiger partial charge in [0.1, 0.15) is 11.3 Å². The van der Waals surface area contributed by atoms with Crippen LogP contribution in [-0.4, -0.2) is 22.9 Å². The van der Waals surface area contributed by atoms with Crippen LogP contribution in [0.3, 0.4) is 0 Å². The van der Waals surface area contributed by atoms with Crippen molar-refractivity contribution in [2.45, 2.75) is 0 Å². The zero-order valence-corrected chi connectivity index (χ0v) is 14.0. The lowest BCUT2D eigenvalue weighted by Crippen LogP contribution is -2.17. The van der Waals surface area contributed by atoms with Crippen molar-refractivity contribution in [2.75, 3.05) is 6.79 Å². The van der Waals surface area contributed by atoms with Crippen LogP contribution < -0.4 is 14.8 Å². The van der Waals surface area contributed by atoms with E-state index < -0.39 is 5.91 Å². The van der Waals surface area contributed by atoms with E-state index in [2.05, 4.69) is 10.3 Å². The number of aromatic nitrogens is 1. The molecule has 1 saturated heterocycles. The molecule has 26 heavy (non-hydrogen) atoms.